The summed E-state index contributed by atoms with van der Waals surface area (Å²) in [7, 11) is 0. The Bertz CT molecular complexity index is 517. The van der Waals surface area contributed by atoms with Crippen LogP contribution in [-0.4, -0.2) is 9.97 Å². The monoisotopic (exact) mass is 168 g/mol. The zero-order valence-corrected chi connectivity index (χ0v) is 6.99. The van der Waals surface area contributed by atoms with Crippen molar-refractivity contribution >= 4 is 21.7 Å². The van der Waals surface area contributed by atoms with Crippen LogP contribution in [0.5, 0.6) is 0 Å². The number of benzene rings is 1. The Labute approximate surface area is 75.2 Å². The lowest BCUT2D eigenvalue weighted by Gasteiger charge is -1.97. The third-order valence-electron chi connectivity index (χ3n) is 2.29. The van der Waals surface area contributed by atoms with Crippen molar-refractivity contribution in [3.05, 3.63) is 42.9 Å². The molecule has 2 heteroatoms. The lowest BCUT2D eigenvalue weighted by molar-refractivity contribution is 1.42. The molecule has 2 heterocycles. The van der Waals surface area contributed by atoms with Gasteiger partial charge >= 0.3 is 0 Å². The number of aromatic nitrogens is 2. The number of rotatable bonds is 0. The molecule has 0 saturated carbocycles. The van der Waals surface area contributed by atoms with Gasteiger partial charge in [0.05, 0.1) is 0 Å². The highest BCUT2D eigenvalue weighted by molar-refractivity contribution is 5.96. The maximum Gasteiger partial charge on any atom is 0.0460 e. The predicted molar refractivity (Wildman–Crippen MR) is 53.6 cm³/mol. The summed E-state index contributed by atoms with van der Waals surface area (Å²) in [5.41, 5.74) is 1.16. The molecule has 2 aromatic heterocycles. The van der Waals surface area contributed by atoms with E-state index < -0.39 is 0 Å². The van der Waals surface area contributed by atoms with Gasteiger partial charge in [0.1, 0.15) is 0 Å². The maximum atomic E-state index is 4.11. The van der Waals surface area contributed by atoms with Gasteiger partial charge in [0.2, 0.25) is 0 Å². The fourth-order valence-corrected chi connectivity index (χ4v) is 1.62. The molecule has 0 bridgehead atoms. The first kappa shape index (κ1) is 6.66. The second kappa shape index (κ2) is 2.33. The summed E-state index contributed by atoms with van der Waals surface area (Å²) < 4.78 is 0. The lowest BCUT2D eigenvalue weighted by Crippen LogP contribution is -1.75. The minimum atomic E-state index is 1.16. The average molecular weight is 168 g/mol. The molecule has 1 aromatic carbocycles. The number of pyridine rings is 1. The third-order valence-corrected chi connectivity index (χ3v) is 2.29. The topological polar surface area (TPSA) is 28.7 Å². The molecular formula is C11H8N2. The molecule has 0 aliphatic heterocycles. The summed E-state index contributed by atoms with van der Waals surface area (Å²) in [6.07, 6.45) is 5.71. The van der Waals surface area contributed by atoms with E-state index in [9.17, 15) is 0 Å². The van der Waals surface area contributed by atoms with Gasteiger partial charge in [0, 0.05) is 34.9 Å². The number of hydrogen-bond donors (Lipinski definition) is 1. The predicted octanol–water partition coefficient (Wildman–Crippen LogP) is 2.72. The van der Waals surface area contributed by atoms with Crippen molar-refractivity contribution in [1.82, 2.24) is 9.97 Å². The molecule has 2 nitrogen and oxygen atoms in total. The minimum absolute atomic E-state index is 1.16. The van der Waals surface area contributed by atoms with Crippen LogP contribution in [0.15, 0.2) is 42.9 Å². The second-order valence-electron chi connectivity index (χ2n) is 3.15. The molecule has 13 heavy (non-hydrogen) atoms. The smallest absolute Gasteiger partial charge is 0.0460 e. The Morgan fingerprint density at radius 3 is 2.77 bits per heavy atom. The Hall–Kier alpha value is -1.83. The van der Waals surface area contributed by atoms with Crippen LogP contribution in [0.3, 0.4) is 0 Å². The molecule has 0 atom stereocenters. The van der Waals surface area contributed by atoms with Crippen LogP contribution < -0.4 is 0 Å². The van der Waals surface area contributed by atoms with E-state index in [0.29, 0.717) is 0 Å². The first-order chi connectivity index (χ1) is 6.43. The van der Waals surface area contributed by atoms with Crippen molar-refractivity contribution in [3.8, 4) is 0 Å². The number of fused-ring (bicyclic) bond motifs is 2. The zero-order chi connectivity index (χ0) is 8.67. The van der Waals surface area contributed by atoms with E-state index in [4.69, 9.17) is 0 Å². The molecule has 0 saturated heterocycles. The zero-order valence-electron chi connectivity index (χ0n) is 6.99. The van der Waals surface area contributed by atoms with Crippen LogP contribution in [0.25, 0.3) is 21.7 Å². The SMILES string of the molecule is c1c[nH]c2cc3cncc3cc2c1. The van der Waals surface area contributed by atoms with E-state index in [-0.39, 0.29) is 0 Å². The first-order valence-corrected chi connectivity index (χ1v) is 4.24. The fraction of sp³-hybridized carbons (Fsp3) is 0. The highest BCUT2D eigenvalue weighted by atomic mass is 14.7. The van der Waals surface area contributed by atoms with Gasteiger partial charge in [-0.2, -0.15) is 0 Å². The van der Waals surface area contributed by atoms with Gasteiger partial charge in [-0.3, -0.25) is 4.98 Å². The molecule has 3 rings (SSSR count). The normalized spacial score (nSPS) is 11.1. The molecule has 0 amide bonds. The van der Waals surface area contributed by atoms with Crippen LogP contribution in [0, 0.1) is 0 Å². The Kier molecular flexibility index (Phi) is 1.19. The maximum absolute atomic E-state index is 4.11. The summed E-state index contributed by atoms with van der Waals surface area (Å²) in [6, 6.07) is 8.37. The summed E-state index contributed by atoms with van der Waals surface area (Å²) in [5, 5.41) is 3.62. The van der Waals surface area contributed by atoms with Crippen molar-refractivity contribution in [2.45, 2.75) is 0 Å². The van der Waals surface area contributed by atoms with Gasteiger partial charge in [-0.1, -0.05) is 6.07 Å². The van der Waals surface area contributed by atoms with Crippen molar-refractivity contribution in [3.63, 3.8) is 0 Å². The van der Waals surface area contributed by atoms with Gasteiger partial charge in [0.25, 0.3) is 0 Å². The molecule has 0 fully saturated rings. The first-order valence-electron chi connectivity index (χ1n) is 4.24. The number of nitrogens with one attached hydrogen (secondary N) is 1. The largest absolute Gasteiger partial charge is 0.361 e. The molecule has 0 aliphatic carbocycles. The molecule has 3 aromatic rings. The van der Waals surface area contributed by atoms with Crippen LogP contribution in [0.4, 0.5) is 0 Å². The molecule has 0 spiro atoms. The van der Waals surface area contributed by atoms with Crippen molar-refractivity contribution in [2.24, 2.45) is 0 Å². The van der Waals surface area contributed by atoms with Gasteiger partial charge in [-0.25, -0.2) is 0 Å². The molecule has 62 valence electrons. The highest BCUT2D eigenvalue weighted by Gasteiger charge is 1.97. The number of aromatic amines is 1. The van der Waals surface area contributed by atoms with Gasteiger partial charge in [0.15, 0.2) is 0 Å². The minimum Gasteiger partial charge on any atom is -0.361 e. The standard InChI is InChI=1S/C11H8N2/c1-2-8-4-9-6-12-7-10(9)5-11(8)13-3-1/h1-7,13H. The number of H-pyrrole nitrogens is 1. The van der Waals surface area contributed by atoms with Crippen LogP contribution in [0.2, 0.25) is 0 Å². The average Bonchev–Trinajstić information content (AvgIpc) is 2.61. The van der Waals surface area contributed by atoms with E-state index in [1.165, 1.54) is 16.2 Å². The molecular weight excluding hydrogens is 160 g/mol. The van der Waals surface area contributed by atoms with Crippen molar-refractivity contribution in [1.29, 1.82) is 0 Å². The molecule has 0 unspecified atom stereocenters. The van der Waals surface area contributed by atoms with Crippen molar-refractivity contribution in [2.75, 3.05) is 0 Å². The second-order valence-corrected chi connectivity index (χ2v) is 3.15. The van der Waals surface area contributed by atoms with Crippen LogP contribution >= 0.6 is 0 Å². The lowest BCUT2D eigenvalue weighted by atomic mass is 10.1. The Morgan fingerprint density at radius 2 is 1.85 bits per heavy atom. The summed E-state index contributed by atoms with van der Waals surface area (Å²) in [4.78, 5) is 7.32. The third kappa shape index (κ3) is 0.920. The van der Waals surface area contributed by atoms with Gasteiger partial charge in [-0.05, 0) is 23.6 Å². The molecule has 0 radical (unpaired) electrons. The molecule has 1 N–H and O–H groups in total. The fourth-order valence-electron chi connectivity index (χ4n) is 1.62. The Morgan fingerprint density at radius 1 is 1.00 bits per heavy atom. The van der Waals surface area contributed by atoms with Crippen LogP contribution in [0.1, 0.15) is 0 Å². The number of nitrogens with zero attached hydrogens (tertiary/aromatic N) is 1. The number of hydrogen-bond acceptors (Lipinski definition) is 1. The summed E-state index contributed by atoms with van der Waals surface area (Å²) in [6.45, 7) is 0. The quantitative estimate of drug-likeness (QED) is 0.549. The van der Waals surface area contributed by atoms with Gasteiger partial charge < -0.3 is 4.98 Å². The highest BCUT2D eigenvalue weighted by Crippen LogP contribution is 2.20. The van der Waals surface area contributed by atoms with Crippen LogP contribution in [-0.2, 0) is 0 Å². The van der Waals surface area contributed by atoms with Gasteiger partial charge in [-0.15, -0.1) is 0 Å². The van der Waals surface area contributed by atoms with E-state index in [1.807, 2.05) is 24.7 Å². The summed E-state index contributed by atoms with van der Waals surface area (Å²) in [5.74, 6) is 0. The molecule has 0 aliphatic rings. The van der Waals surface area contributed by atoms with Crippen molar-refractivity contribution < 1.29 is 0 Å². The van der Waals surface area contributed by atoms with E-state index in [2.05, 4.69) is 28.2 Å². The van der Waals surface area contributed by atoms with E-state index in [0.717, 1.165) is 5.52 Å². The Balaban J connectivity index is 2.57. The van der Waals surface area contributed by atoms with E-state index >= 15 is 0 Å². The summed E-state index contributed by atoms with van der Waals surface area (Å²) >= 11 is 0. The van der Waals surface area contributed by atoms with E-state index in [1.54, 1.807) is 0 Å².